The molecule has 0 spiro atoms. The first-order valence-corrected chi connectivity index (χ1v) is 9.85. The third-order valence-corrected chi connectivity index (χ3v) is 5.01. The van der Waals surface area contributed by atoms with E-state index in [4.69, 9.17) is 20.9 Å². The van der Waals surface area contributed by atoms with E-state index in [1.54, 1.807) is 42.5 Å². The van der Waals surface area contributed by atoms with Crippen LogP contribution in [0.3, 0.4) is 0 Å². The fourth-order valence-electron chi connectivity index (χ4n) is 2.64. The second-order valence-corrected chi connectivity index (χ2v) is 7.20. The lowest BCUT2D eigenvalue weighted by Gasteiger charge is -2.08. The van der Waals surface area contributed by atoms with Gasteiger partial charge in [-0.15, -0.1) is 0 Å². The van der Waals surface area contributed by atoms with Crippen molar-refractivity contribution in [1.29, 1.82) is 0 Å². The Labute approximate surface area is 174 Å². The summed E-state index contributed by atoms with van der Waals surface area (Å²) in [5.74, 6) is -0.360. The minimum absolute atomic E-state index is 0.157. The summed E-state index contributed by atoms with van der Waals surface area (Å²) < 4.78 is 10.4. The highest BCUT2D eigenvalue weighted by atomic mass is 35.5. The van der Waals surface area contributed by atoms with Gasteiger partial charge in [0.2, 0.25) is 5.82 Å². The Balaban J connectivity index is 1.49. The first-order valence-electron chi connectivity index (χ1n) is 8.53. The predicted molar refractivity (Wildman–Crippen MR) is 108 cm³/mol. The molecule has 8 heteroatoms. The lowest BCUT2D eigenvalue weighted by Crippen LogP contribution is -2.12. The van der Waals surface area contributed by atoms with Gasteiger partial charge in [0.05, 0.1) is 5.56 Å². The maximum atomic E-state index is 12.8. The molecule has 0 aliphatic carbocycles. The zero-order chi connectivity index (χ0) is 20.2. The van der Waals surface area contributed by atoms with E-state index in [0.717, 1.165) is 5.56 Å². The van der Waals surface area contributed by atoms with Crippen molar-refractivity contribution in [2.24, 2.45) is 0 Å². The number of carbonyl (C=O) groups excluding carboxylic acids is 2. The molecule has 0 saturated heterocycles. The standard InChI is InChI=1S/C21H13ClN2O4S/c22-15-7-5-13(6-8-15)19(25)16-3-1-2-4-17(16)21(26)27-11-18-23-20(24-28-18)14-9-10-29-12-14/h1-10,12H,11H2. The number of hydrogen-bond donors (Lipinski definition) is 0. The number of carbonyl (C=O) groups is 2. The third kappa shape index (κ3) is 4.26. The summed E-state index contributed by atoms with van der Waals surface area (Å²) in [5.41, 5.74) is 1.65. The van der Waals surface area contributed by atoms with Crippen LogP contribution in [0.15, 0.2) is 69.9 Å². The van der Waals surface area contributed by atoms with Crippen LogP contribution in [0.5, 0.6) is 0 Å². The summed E-state index contributed by atoms with van der Waals surface area (Å²) in [5, 5.41) is 8.18. The fourth-order valence-corrected chi connectivity index (χ4v) is 3.40. The van der Waals surface area contributed by atoms with E-state index in [9.17, 15) is 9.59 Å². The van der Waals surface area contributed by atoms with Gasteiger partial charge in [-0.3, -0.25) is 4.79 Å². The molecule has 0 radical (unpaired) electrons. The van der Waals surface area contributed by atoms with Crippen LogP contribution in [0.2, 0.25) is 5.02 Å². The summed E-state index contributed by atoms with van der Waals surface area (Å²) in [4.78, 5) is 29.6. The van der Waals surface area contributed by atoms with Gasteiger partial charge in [0, 0.05) is 27.1 Å². The first-order chi connectivity index (χ1) is 14.1. The number of thiophene rings is 1. The number of rotatable bonds is 6. The summed E-state index contributed by atoms with van der Waals surface area (Å²) in [6.07, 6.45) is 0. The molecule has 0 bridgehead atoms. The van der Waals surface area contributed by atoms with Crippen LogP contribution < -0.4 is 0 Å². The molecular formula is C21H13ClN2O4S. The number of halogens is 1. The van der Waals surface area contributed by atoms with Crippen molar-refractivity contribution >= 4 is 34.7 Å². The van der Waals surface area contributed by atoms with E-state index in [2.05, 4.69) is 10.1 Å². The lowest BCUT2D eigenvalue weighted by atomic mass is 9.98. The molecule has 4 rings (SSSR count). The summed E-state index contributed by atoms with van der Waals surface area (Å²) in [6.45, 7) is -0.195. The average Bonchev–Trinajstić information content (AvgIpc) is 3.44. The van der Waals surface area contributed by atoms with E-state index in [-0.39, 0.29) is 29.4 Å². The van der Waals surface area contributed by atoms with E-state index in [1.807, 2.05) is 16.8 Å². The molecule has 29 heavy (non-hydrogen) atoms. The van der Waals surface area contributed by atoms with Crippen molar-refractivity contribution in [3.8, 4) is 11.4 Å². The van der Waals surface area contributed by atoms with Crippen molar-refractivity contribution < 1.29 is 18.8 Å². The molecular weight excluding hydrogens is 412 g/mol. The molecule has 2 aromatic heterocycles. The Bertz CT molecular complexity index is 1150. The predicted octanol–water partition coefficient (Wildman–Crippen LogP) is 5.04. The van der Waals surface area contributed by atoms with E-state index >= 15 is 0 Å². The van der Waals surface area contributed by atoms with Gasteiger partial charge in [-0.25, -0.2) is 4.79 Å². The second kappa shape index (κ2) is 8.38. The normalized spacial score (nSPS) is 10.7. The van der Waals surface area contributed by atoms with Gasteiger partial charge in [-0.2, -0.15) is 16.3 Å². The van der Waals surface area contributed by atoms with Gasteiger partial charge in [0.1, 0.15) is 0 Å². The highest BCUT2D eigenvalue weighted by Crippen LogP contribution is 2.20. The largest absolute Gasteiger partial charge is 0.452 e. The number of benzene rings is 2. The average molecular weight is 425 g/mol. The monoisotopic (exact) mass is 424 g/mol. The Morgan fingerprint density at radius 3 is 2.52 bits per heavy atom. The topological polar surface area (TPSA) is 82.3 Å². The molecule has 144 valence electrons. The Morgan fingerprint density at radius 2 is 1.79 bits per heavy atom. The Morgan fingerprint density at radius 1 is 1.03 bits per heavy atom. The number of hydrogen-bond acceptors (Lipinski definition) is 7. The van der Waals surface area contributed by atoms with Crippen LogP contribution in [0, 0.1) is 0 Å². The van der Waals surface area contributed by atoms with Gasteiger partial charge in [0.15, 0.2) is 12.4 Å². The summed E-state index contributed by atoms with van der Waals surface area (Å²) in [7, 11) is 0. The number of ether oxygens (including phenoxy) is 1. The van der Waals surface area contributed by atoms with Crippen LogP contribution in [0.4, 0.5) is 0 Å². The molecule has 0 aliphatic heterocycles. The number of nitrogens with zero attached hydrogens (tertiary/aromatic N) is 2. The van der Waals surface area contributed by atoms with Gasteiger partial charge in [-0.05, 0) is 41.8 Å². The molecule has 0 aliphatic rings. The van der Waals surface area contributed by atoms with Crippen LogP contribution in [-0.4, -0.2) is 21.9 Å². The minimum Gasteiger partial charge on any atom is -0.452 e. The van der Waals surface area contributed by atoms with Crippen molar-refractivity contribution in [2.45, 2.75) is 6.61 Å². The molecule has 2 aromatic carbocycles. The molecule has 2 heterocycles. The van der Waals surface area contributed by atoms with Gasteiger partial charge < -0.3 is 9.26 Å². The number of esters is 1. The van der Waals surface area contributed by atoms with E-state index in [1.165, 1.54) is 17.4 Å². The number of aromatic nitrogens is 2. The SMILES string of the molecule is O=C(OCc1nc(-c2ccsc2)no1)c1ccccc1C(=O)c1ccc(Cl)cc1. The zero-order valence-corrected chi connectivity index (χ0v) is 16.4. The van der Waals surface area contributed by atoms with Crippen molar-refractivity contribution in [3.63, 3.8) is 0 Å². The van der Waals surface area contributed by atoms with E-state index < -0.39 is 5.97 Å². The highest BCUT2D eigenvalue weighted by Gasteiger charge is 2.20. The van der Waals surface area contributed by atoms with Crippen molar-refractivity contribution in [1.82, 2.24) is 10.1 Å². The van der Waals surface area contributed by atoms with Crippen molar-refractivity contribution in [2.75, 3.05) is 0 Å². The molecule has 0 unspecified atom stereocenters. The quantitative estimate of drug-likeness (QED) is 0.318. The zero-order valence-electron chi connectivity index (χ0n) is 14.9. The molecule has 0 N–H and O–H groups in total. The summed E-state index contributed by atoms with van der Waals surface area (Å²) in [6, 6.07) is 14.8. The molecule has 6 nitrogen and oxygen atoms in total. The van der Waals surface area contributed by atoms with Crippen LogP contribution >= 0.6 is 22.9 Å². The van der Waals surface area contributed by atoms with Gasteiger partial charge in [0.25, 0.3) is 5.89 Å². The van der Waals surface area contributed by atoms with Crippen molar-refractivity contribution in [3.05, 3.63) is 93.0 Å². The van der Waals surface area contributed by atoms with Crippen LogP contribution in [-0.2, 0) is 11.3 Å². The number of ketones is 1. The molecule has 0 saturated carbocycles. The van der Waals surface area contributed by atoms with Gasteiger partial charge in [-0.1, -0.05) is 35.0 Å². The fraction of sp³-hybridized carbons (Fsp3) is 0.0476. The Hall–Kier alpha value is -3.29. The maximum Gasteiger partial charge on any atom is 0.339 e. The van der Waals surface area contributed by atoms with Crippen LogP contribution in [0.1, 0.15) is 32.2 Å². The summed E-state index contributed by atoms with van der Waals surface area (Å²) >= 11 is 7.39. The molecule has 4 aromatic rings. The molecule has 0 fully saturated rings. The highest BCUT2D eigenvalue weighted by molar-refractivity contribution is 7.08. The lowest BCUT2D eigenvalue weighted by molar-refractivity contribution is 0.0427. The third-order valence-electron chi connectivity index (χ3n) is 4.07. The van der Waals surface area contributed by atoms with E-state index in [0.29, 0.717) is 16.4 Å². The smallest absolute Gasteiger partial charge is 0.339 e. The van der Waals surface area contributed by atoms with Crippen LogP contribution in [0.25, 0.3) is 11.4 Å². The first kappa shape index (κ1) is 19.0. The minimum atomic E-state index is -0.654. The Kier molecular flexibility index (Phi) is 5.50. The maximum absolute atomic E-state index is 12.8. The molecule has 0 amide bonds. The van der Waals surface area contributed by atoms with Gasteiger partial charge >= 0.3 is 5.97 Å². The second-order valence-electron chi connectivity index (χ2n) is 5.98. The molecule has 0 atom stereocenters.